The van der Waals surface area contributed by atoms with Crippen LogP contribution in [0.4, 0.5) is 5.69 Å². The molecule has 0 saturated heterocycles. The molecule has 0 aromatic heterocycles. The smallest absolute Gasteiger partial charge is 0.338 e. The van der Waals surface area contributed by atoms with Crippen LogP contribution in [0.15, 0.2) is 42.5 Å². The Hall–Kier alpha value is -2.82. The zero-order valence-electron chi connectivity index (χ0n) is 15.0. The lowest BCUT2D eigenvalue weighted by molar-refractivity contribution is -0.122. The van der Waals surface area contributed by atoms with Crippen molar-refractivity contribution in [2.45, 2.75) is 33.8 Å². The number of carbonyl (C=O) groups is 2. The van der Waals surface area contributed by atoms with Crippen LogP contribution in [0.25, 0.3) is 0 Å². The highest BCUT2D eigenvalue weighted by molar-refractivity contribution is 5.95. The molecule has 0 saturated carbocycles. The first-order valence-electron chi connectivity index (χ1n) is 8.23. The first kappa shape index (κ1) is 18.5. The fraction of sp³-hybridized carbons (Fsp3) is 0.300. The molecule has 0 aliphatic heterocycles. The number of para-hydroxylation sites is 1. The molecule has 2 aromatic carbocycles. The normalized spacial score (nSPS) is 11.5. The Morgan fingerprint density at radius 1 is 1.04 bits per heavy atom. The second kappa shape index (κ2) is 8.33. The molecule has 0 aliphatic carbocycles. The molecular formula is C20H23NO4. The van der Waals surface area contributed by atoms with E-state index in [1.54, 1.807) is 38.1 Å². The number of anilines is 1. The van der Waals surface area contributed by atoms with Crippen LogP contribution in [-0.4, -0.2) is 24.6 Å². The average Bonchev–Trinajstić information content (AvgIpc) is 2.59. The van der Waals surface area contributed by atoms with Crippen LogP contribution >= 0.6 is 0 Å². The number of aryl methyl sites for hydroxylation is 2. The maximum Gasteiger partial charge on any atom is 0.338 e. The summed E-state index contributed by atoms with van der Waals surface area (Å²) in [5.74, 6) is 0.0847. The summed E-state index contributed by atoms with van der Waals surface area (Å²) >= 11 is 0. The van der Waals surface area contributed by atoms with Gasteiger partial charge in [-0.25, -0.2) is 4.79 Å². The van der Waals surface area contributed by atoms with Crippen LogP contribution in [-0.2, 0) is 9.53 Å². The Labute approximate surface area is 148 Å². The Balaban J connectivity index is 2.00. The van der Waals surface area contributed by atoms with Gasteiger partial charge in [0.2, 0.25) is 0 Å². The Bertz CT molecular complexity index is 733. The van der Waals surface area contributed by atoms with Gasteiger partial charge in [-0.15, -0.1) is 0 Å². The minimum atomic E-state index is -0.649. The molecule has 132 valence electrons. The van der Waals surface area contributed by atoms with E-state index in [2.05, 4.69) is 5.32 Å². The maximum atomic E-state index is 12.3. The molecule has 1 N–H and O–H groups in total. The third-order valence-electron chi connectivity index (χ3n) is 3.74. The molecule has 0 bridgehead atoms. The van der Waals surface area contributed by atoms with Crippen molar-refractivity contribution in [3.05, 3.63) is 59.2 Å². The zero-order valence-corrected chi connectivity index (χ0v) is 15.0. The minimum Gasteiger partial charge on any atom is -0.480 e. The summed E-state index contributed by atoms with van der Waals surface area (Å²) in [6.45, 7) is 7.67. The van der Waals surface area contributed by atoms with Gasteiger partial charge in [-0.05, 0) is 63.1 Å². The van der Waals surface area contributed by atoms with E-state index in [9.17, 15) is 9.59 Å². The van der Waals surface area contributed by atoms with E-state index in [0.717, 1.165) is 16.9 Å². The van der Waals surface area contributed by atoms with Gasteiger partial charge < -0.3 is 14.8 Å². The van der Waals surface area contributed by atoms with E-state index in [0.29, 0.717) is 17.9 Å². The highest BCUT2D eigenvalue weighted by Crippen LogP contribution is 2.24. The standard InChI is InChI=1S/C20H23NO4/c1-5-24-20(23)16-9-11-17(12-10-16)21-19(22)15(4)25-18-13(2)7-6-8-14(18)3/h6-12,15H,5H2,1-4H3,(H,21,22). The van der Waals surface area contributed by atoms with Gasteiger partial charge >= 0.3 is 5.97 Å². The maximum absolute atomic E-state index is 12.3. The molecule has 25 heavy (non-hydrogen) atoms. The largest absolute Gasteiger partial charge is 0.480 e. The highest BCUT2D eigenvalue weighted by atomic mass is 16.5. The van der Waals surface area contributed by atoms with Crippen molar-refractivity contribution in [1.82, 2.24) is 0 Å². The molecule has 5 nitrogen and oxygen atoms in total. The summed E-state index contributed by atoms with van der Waals surface area (Å²) in [4.78, 5) is 24.0. The van der Waals surface area contributed by atoms with Crippen LogP contribution in [0, 0.1) is 13.8 Å². The molecule has 0 spiro atoms. The Kier molecular flexibility index (Phi) is 6.17. The van der Waals surface area contributed by atoms with E-state index in [1.165, 1.54) is 0 Å². The van der Waals surface area contributed by atoms with Gasteiger partial charge in [0, 0.05) is 5.69 Å². The quantitative estimate of drug-likeness (QED) is 0.810. The second-order valence-corrected chi connectivity index (χ2v) is 5.77. The first-order chi connectivity index (χ1) is 11.9. The molecule has 1 amide bonds. The zero-order chi connectivity index (χ0) is 18.4. The second-order valence-electron chi connectivity index (χ2n) is 5.77. The molecular weight excluding hydrogens is 318 g/mol. The molecule has 0 radical (unpaired) electrons. The lowest BCUT2D eigenvalue weighted by Gasteiger charge is -2.18. The fourth-order valence-corrected chi connectivity index (χ4v) is 2.36. The van der Waals surface area contributed by atoms with Gasteiger partial charge in [0.25, 0.3) is 5.91 Å². The predicted octanol–water partition coefficient (Wildman–Crippen LogP) is 3.89. The number of amides is 1. The first-order valence-corrected chi connectivity index (χ1v) is 8.23. The summed E-state index contributed by atoms with van der Waals surface area (Å²) in [5.41, 5.74) is 3.01. The molecule has 0 aliphatic rings. The lowest BCUT2D eigenvalue weighted by atomic mass is 10.1. The summed E-state index contributed by atoms with van der Waals surface area (Å²) in [6.07, 6.45) is -0.649. The van der Waals surface area contributed by atoms with Gasteiger partial charge in [0.05, 0.1) is 12.2 Å². The van der Waals surface area contributed by atoms with Crippen LogP contribution in [0.2, 0.25) is 0 Å². The van der Waals surface area contributed by atoms with Crippen LogP contribution in [0.3, 0.4) is 0 Å². The van der Waals surface area contributed by atoms with Crippen LogP contribution < -0.4 is 10.1 Å². The number of rotatable bonds is 6. The molecule has 5 heteroatoms. The number of benzene rings is 2. The number of carbonyl (C=O) groups excluding carboxylic acids is 2. The lowest BCUT2D eigenvalue weighted by Crippen LogP contribution is -2.30. The van der Waals surface area contributed by atoms with Crippen molar-refractivity contribution in [2.75, 3.05) is 11.9 Å². The number of hydrogen-bond acceptors (Lipinski definition) is 4. The average molecular weight is 341 g/mol. The van der Waals surface area contributed by atoms with Crippen molar-refractivity contribution in [3.8, 4) is 5.75 Å². The van der Waals surface area contributed by atoms with Crippen molar-refractivity contribution in [3.63, 3.8) is 0 Å². The van der Waals surface area contributed by atoms with Crippen molar-refractivity contribution < 1.29 is 19.1 Å². The van der Waals surface area contributed by atoms with Crippen molar-refractivity contribution in [2.24, 2.45) is 0 Å². The molecule has 1 atom stereocenters. The number of esters is 1. The molecule has 2 aromatic rings. The number of hydrogen-bond donors (Lipinski definition) is 1. The van der Waals surface area contributed by atoms with E-state index in [4.69, 9.17) is 9.47 Å². The summed E-state index contributed by atoms with van der Waals surface area (Å²) in [5, 5.41) is 2.78. The van der Waals surface area contributed by atoms with Crippen LogP contribution in [0.1, 0.15) is 35.3 Å². The third-order valence-corrected chi connectivity index (χ3v) is 3.74. The number of nitrogens with one attached hydrogen (secondary N) is 1. The molecule has 0 heterocycles. The Morgan fingerprint density at radius 3 is 2.20 bits per heavy atom. The SMILES string of the molecule is CCOC(=O)c1ccc(NC(=O)C(C)Oc2c(C)cccc2C)cc1. The van der Waals surface area contributed by atoms with Crippen molar-refractivity contribution in [1.29, 1.82) is 0 Å². The van der Waals surface area contributed by atoms with E-state index < -0.39 is 6.10 Å². The van der Waals surface area contributed by atoms with E-state index in [-0.39, 0.29) is 11.9 Å². The monoisotopic (exact) mass is 341 g/mol. The topological polar surface area (TPSA) is 64.6 Å². The molecule has 0 fully saturated rings. The van der Waals surface area contributed by atoms with Crippen molar-refractivity contribution >= 4 is 17.6 Å². The molecule has 2 rings (SSSR count). The number of ether oxygens (including phenoxy) is 2. The third kappa shape index (κ3) is 4.83. The minimum absolute atomic E-state index is 0.258. The van der Waals surface area contributed by atoms with Gasteiger partial charge in [-0.3, -0.25) is 4.79 Å². The van der Waals surface area contributed by atoms with Gasteiger partial charge in [-0.1, -0.05) is 18.2 Å². The van der Waals surface area contributed by atoms with Crippen LogP contribution in [0.5, 0.6) is 5.75 Å². The molecule has 1 unspecified atom stereocenters. The van der Waals surface area contributed by atoms with E-state index in [1.807, 2.05) is 32.0 Å². The summed E-state index contributed by atoms with van der Waals surface area (Å²) in [7, 11) is 0. The summed E-state index contributed by atoms with van der Waals surface area (Å²) < 4.78 is 10.7. The predicted molar refractivity (Wildman–Crippen MR) is 97.0 cm³/mol. The van der Waals surface area contributed by atoms with Gasteiger partial charge in [-0.2, -0.15) is 0 Å². The fourth-order valence-electron chi connectivity index (χ4n) is 2.36. The van der Waals surface area contributed by atoms with Gasteiger partial charge in [0.15, 0.2) is 6.10 Å². The highest BCUT2D eigenvalue weighted by Gasteiger charge is 2.17. The van der Waals surface area contributed by atoms with E-state index >= 15 is 0 Å². The summed E-state index contributed by atoms with van der Waals surface area (Å²) in [6, 6.07) is 12.4. The van der Waals surface area contributed by atoms with Gasteiger partial charge in [0.1, 0.15) is 5.75 Å². The Morgan fingerprint density at radius 2 is 1.64 bits per heavy atom.